The third-order valence-electron chi connectivity index (χ3n) is 7.95. The second-order valence-electron chi connectivity index (χ2n) is 10.9. The van der Waals surface area contributed by atoms with Gasteiger partial charge in [-0.05, 0) is 61.9 Å². The second-order valence-corrected chi connectivity index (χ2v) is 10.9. The Balaban J connectivity index is 1.10. The normalized spacial score (nSPS) is 16.5. The van der Waals surface area contributed by atoms with Crippen LogP contribution in [0, 0.1) is 18.8 Å². The molecule has 0 radical (unpaired) electrons. The number of piperidine rings is 1. The van der Waals surface area contributed by atoms with Crippen molar-refractivity contribution in [2.24, 2.45) is 11.8 Å². The highest BCUT2D eigenvalue weighted by Gasteiger charge is 2.40. The van der Waals surface area contributed by atoms with Crippen LogP contribution in [0.4, 0.5) is 5.69 Å². The molecule has 1 aliphatic rings. The fourth-order valence-electron chi connectivity index (χ4n) is 5.69. The maximum absolute atomic E-state index is 13.3. The molecule has 3 heterocycles. The molecule has 0 aliphatic carbocycles. The number of carbonyl (C=O) groups excluding carboxylic acids is 3. The lowest BCUT2D eigenvalue weighted by atomic mass is 9.84. The van der Waals surface area contributed by atoms with Crippen LogP contribution in [0.1, 0.15) is 28.2 Å². The molecular formula is C34H31N5O5. The number of rotatable bonds is 7. The molecule has 10 nitrogen and oxygen atoms in total. The lowest BCUT2D eigenvalue weighted by Gasteiger charge is -2.36. The van der Waals surface area contributed by atoms with Crippen molar-refractivity contribution >= 4 is 45.2 Å². The van der Waals surface area contributed by atoms with E-state index >= 15 is 0 Å². The molecule has 10 heteroatoms. The molecular weight excluding hydrogens is 558 g/mol. The van der Waals surface area contributed by atoms with Crippen molar-refractivity contribution in [3.8, 4) is 5.75 Å². The van der Waals surface area contributed by atoms with Gasteiger partial charge in [0.2, 0.25) is 11.8 Å². The summed E-state index contributed by atoms with van der Waals surface area (Å²) in [5.74, 6) is -2.50. The van der Waals surface area contributed by atoms with E-state index in [1.54, 1.807) is 35.8 Å². The quantitative estimate of drug-likeness (QED) is 0.182. The van der Waals surface area contributed by atoms with Gasteiger partial charge in [0.25, 0.3) is 5.91 Å². The van der Waals surface area contributed by atoms with Crippen molar-refractivity contribution in [3.63, 3.8) is 0 Å². The van der Waals surface area contributed by atoms with Gasteiger partial charge in [-0.3, -0.25) is 24.6 Å². The van der Waals surface area contributed by atoms with Gasteiger partial charge >= 0.3 is 0 Å². The van der Waals surface area contributed by atoms with Crippen LogP contribution in [0.15, 0.2) is 91.0 Å². The number of ether oxygens (including phenoxy) is 1. The van der Waals surface area contributed by atoms with Crippen molar-refractivity contribution in [2.45, 2.75) is 20.0 Å². The van der Waals surface area contributed by atoms with E-state index in [0.717, 1.165) is 27.5 Å². The van der Waals surface area contributed by atoms with E-state index in [1.165, 1.54) is 4.90 Å². The zero-order chi connectivity index (χ0) is 30.6. The Morgan fingerprint density at radius 2 is 1.64 bits per heavy atom. The average molecular weight is 590 g/mol. The smallest absolute Gasteiger partial charge is 0.272 e. The fourth-order valence-corrected chi connectivity index (χ4v) is 5.69. The number of para-hydroxylation sites is 2. The molecule has 5 aromatic rings. The topological polar surface area (TPSA) is 134 Å². The number of hydrogen-bond acceptors (Lipinski definition) is 7. The van der Waals surface area contributed by atoms with E-state index in [9.17, 15) is 19.6 Å². The van der Waals surface area contributed by atoms with E-state index in [-0.39, 0.29) is 37.0 Å². The average Bonchev–Trinajstić information content (AvgIpc) is 3.06. The van der Waals surface area contributed by atoms with Crippen LogP contribution in [-0.4, -0.2) is 50.9 Å². The summed E-state index contributed by atoms with van der Waals surface area (Å²) in [6.07, 6.45) is 0.240. The molecule has 0 spiro atoms. The Kier molecular flexibility index (Phi) is 8.16. The zero-order valence-corrected chi connectivity index (χ0v) is 24.1. The predicted octanol–water partition coefficient (Wildman–Crippen LogP) is 4.89. The summed E-state index contributed by atoms with van der Waals surface area (Å²) in [7, 11) is 0. The molecule has 6 rings (SSSR count). The number of likely N-dealkylation sites (tertiary alicyclic amines) is 1. The summed E-state index contributed by atoms with van der Waals surface area (Å²) >= 11 is 0. The lowest BCUT2D eigenvalue weighted by Crippen LogP contribution is -2.52. The molecule has 3 N–H and O–H groups in total. The van der Waals surface area contributed by atoms with E-state index in [4.69, 9.17) is 4.74 Å². The summed E-state index contributed by atoms with van der Waals surface area (Å²) in [6.45, 7) is 2.54. The maximum Gasteiger partial charge on any atom is 0.272 e. The maximum atomic E-state index is 13.3. The Labute approximate surface area is 253 Å². The van der Waals surface area contributed by atoms with Gasteiger partial charge in [0.05, 0.1) is 22.9 Å². The third kappa shape index (κ3) is 6.06. The molecule has 3 amide bonds. The molecule has 1 unspecified atom stereocenters. The highest BCUT2D eigenvalue weighted by atomic mass is 16.5. The predicted molar refractivity (Wildman–Crippen MR) is 165 cm³/mol. The van der Waals surface area contributed by atoms with Gasteiger partial charge in [-0.15, -0.1) is 0 Å². The van der Waals surface area contributed by atoms with Crippen LogP contribution in [-0.2, 0) is 16.2 Å². The van der Waals surface area contributed by atoms with Gasteiger partial charge in [-0.25, -0.2) is 10.5 Å². The first-order valence-electron chi connectivity index (χ1n) is 14.4. The number of carbonyl (C=O) groups is 3. The number of amides is 3. The van der Waals surface area contributed by atoms with Crippen LogP contribution in [0.25, 0.3) is 21.8 Å². The molecule has 2 atom stereocenters. The number of fused-ring (bicyclic) bond motifs is 2. The third-order valence-corrected chi connectivity index (χ3v) is 7.95. The highest BCUT2D eigenvalue weighted by molar-refractivity contribution is 5.98. The highest BCUT2D eigenvalue weighted by Crippen LogP contribution is 2.28. The van der Waals surface area contributed by atoms with Crippen LogP contribution < -0.4 is 15.5 Å². The van der Waals surface area contributed by atoms with Crippen molar-refractivity contribution in [2.75, 3.05) is 18.4 Å². The van der Waals surface area contributed by atoms with Crippen LogP contribution in [0.3, 0.4) is 0 Å². The van der Waals surface area contributed by atoms with E-state index in [1.807, 2.05) is 67.6 Å². The summed E-state index contributed by atoms with van der Waals surface area (Å²) in [4.78, 5) is 49.8. The Morgan fingerprint density at radius 3 is 2.43 bits per heavy atom. The first-order chi connectivity index (χ1) is 21.4. The Hall–Kier alpha value is -5.35. The van der Waals surface area contributed by atoms with E-state index in [0.29, 0.717) is 23.6 Å². The number of aryl methyl sites for hydroxylation is 1. The molecule has 0 bridgehead atoms. The Bertz CT molecular complexity index is 1860. The number of hydroxylamine groups is 1. The zero-order valence-electron chi connectivity index (χ0n) is 24.1. The summed E-state index contributed by atoms with van der Waals surface area (Å²) < 4.78 is 6.03. The number of anilines is 1. The molecule has 1 saturated heterocycles. The monoisotopic (exact) mass is 589 g/mol. The molecule has 2 aromatic heterocycles. The SMILES string of the molecule is Cc1cc(COc2ccc(NC(=O)C3CCN(C(=O)c4ccc5ccccc5n4)C[C@@H]3C(=O)NO)cc2)c2ccccc2n1. The van der Waals surface area contributed by atoms with E-state index in [2.05, 4.69) is 15.3 Å². The largest absolute Gasteiger partial charge is 0.489 e. The molecule has 1 aliphatic heterocycles. The van der Waals surface area contributed by atoms with E-state index < -0.39 is 17.7 Å². The van der Waals surface area contributed by atoms with Gasteiger partial charge in [0, 0.05) is 40.8 Å². The van der Waals surface area contributed by atoms with Crippen molar-refractivity contribution in [1.82, 2.24) is 20.3 Å². The second kappa shape index (κ2) is 12.5. The van der Waals surface area contributed by atoms with Crippen LogP contribution in [0.5, 0.6) is 5.75 Å². The molecule has 3 aromatic carbocycles. The molecule has 222 valence electrons. The first-order valence-corrected chi connectivity index (χ1v) is 14.4. The molecule has 44 heavy (non-hydrogen) atoms. The van der Waals surface area contributed by atoms with Gasteiger partial charge in [-0.1, -0.05) is 42.5 Å². The van der Waals surface area contributed by atoms with Gasteiger partial charge < -0.3 is 15.0 Å². The summed E-state index contributed by atoms with van der Waals surface area (Å²) in [5, 5.41) is 14.2. The number of aromatic nitrogens is 2. The number of nitrogens with one attached hydrogen (secondary N) is 2. The van der Waals surface area contributed by atoms with Crippen LogP contribution in [0.2, 0.25) is 0 Å². The number of hydrogen-bond donors (Lipinski definition) is 3. The van der Waals surface area contributed by atoms with Crippen molar-refractivity contribution < 1.29 is 24.3 Å². The lowest BCUT2D eigenvalue weighted by molar-refractivity contribution is -0.141. The number of pyridine rings is 2. The molecule has 0 saturated carbocycles. The minimum absolute atomic E-state index is 0.0340. The van der Waals surface area contributed by atoms with Crippen LogP contribution >= 0.6 is 0 Å². The standard InChI is InChI=1S/C34H31N5O5/c1-21-18-23(26-7-3-5-9-30(26)35-21)20-44-25-13-11-24(12-14-25)36-32(40)27-16-17-39(19-28(27)33(41)38-43)34(42)31-15-10-22-6-2-4-8-29(22)37-31/h2-15,18,27-28,43H,16-17,19-20H2,1H3,(H,36,40)(H,38,41)/t27?,28-/m0/s1. The number of benzene rings is 3. The minimum atomic E-state index is -0.945. The van der Waals surface area contributed by atoms with Gasteiger partial charge in [-0.2, -0.15) is 0 Å². The molecule has 1 fully saturated rings. The summed E-state index contributed by atoms with van der Waals surface area (Å²) in [5.41, 5.74) is 6.00. The summed E-state index contributed by atoms with van der Waals surface area (Å²) in [6, 6.07) is 27.9. The minimum Gasteiger partial charge on any atom is -0.489 e. The Morgan fingerprint density at radius 1 is 0.886 bits per heavy atom. The first kappa shape index (κ1) is 28.8. The van der Waals surface area contributed by atoms with Crippen molar-refractivity contribution in [1.29, 1.82) is 0 Å². The number of nitrogens with zero attached hydrogens (tertiary/aromatic N) is 3. The van der Waals surface area contributed by atoms with Gasteiger partial charge in [0.15, 0.2) is 0 Å². The van der Waals surface area contributed by atoms with Gasteiger partial charge in [0.1, 0.15) is 18.1 Å². The van der Waals surface area contributed by atoms with Crippen molar-refractivity contribution in [3.05, 3.63) is 108 Å². The fraction of sp³-hybridized carbons (Fsp3) is 0.206.